The van der Waals surface area contributed by atoms with Crippen LogP contribution in [0.1, 0.15) is 20.7 Å². The molecule has 0 atom stereocenters. The maximum Gasteiger partial charge on any atom is 0.337 e. The van der Waals surface area contributed by atoms with E-state index >= 15 is 0 Å². The van der Waals surface area contributed by atoms with Crippen LogP contribution in [0.25, 0.3) is 0 Å². The van der Waals surface area contributed by atoms with E-state index in [0.717, 1.165) is 3.57 Å². The molecule has 130 valence electrons. The van der Waals surface area contributed by atoms with Crippen LogP contribution < -0.4 is 15.4 Å². The van der Waals surface area contributed by atoms with Crippen molar-refractivity contribution in [2.45, 2.75) is 0 Å². The molecule has 0 aliphatic carbocycles. The van der Waals surface area contributed by atoms with E-state index in [2.05, 4.69) is 26.6 Å². The molecule has 0 saturated carbocycles. The molecule has 2 aromatic rings. The third-order valence-electron chi connectivity index (χ3n) is 3.09. The second-order valence-corrected chi connectivity index (χ2v) is 7.32. The van der Waals surface area contributed by atoms with Crippen molar-refractivity contribution < 1.29 is 19.4 Å². The molecule has 0 unspecified atom stereocenters. The van der Waals surface area contributed by atoms with E-state index in [-0.39, 0.29) is 10.7 Å². The Labute approximate surface area is 171 Å². The molecular weight excluding hydrogens is 523 g/mol. The quantitative estimate of drug-likeness (QED) is 0.407. The molecule has 0 radical (unpaired) electrons. The predicted octanol–water partition coefficient (Wildman–Crippen LogP) is 3.89. The normalized spacial score (nSPS) is 10.0. The van der Waals surface area contributed by atoms with Gasteiger partial charge in [0.05, 0.1) is 23.9 Å². The van der Waals surface area contributed by atoms with Crippen molar-refractivity contribution in [3.8, 4) is 5.75 Å². The molecule has 25 heavy (non-hydrogen) atoms. The number of amides is 1. The summed E-state index contributed by atoms with van der Waals surface area (Å²) in [5.74, 6) is -1.18. The van der Waals surface area contributed by atoms with Crippen molar-refractivity contribution in [3.05, 3.63) is 55.6 Å². The molecule has 9 heteroatoms. The van der Waals surface area contributed by atoms with Crippen LogP contribution in [-0.2, 0) is 0 Å². The Morgan fingerprint density at radius 2 is 1.92 bits per heavy atom. The standard InChI is InChI=1S/C16H12BrIN2O4S/c1-24-13-5-2-8(17)6-11(13)14(21)20-16(25)19-12-4-3-9(18)7-10(12)15(22)23/h2-7H,1H3,(H,22,23)(H2,19,20,21,25). The Bertz CT molecular complexity index is 860. The van der Waals surface area contributed by atoms with Crippen molar-refractivity contribution in [2.24, 2.45) is 0 Å². The van der Waals surface area contributed by atoms with Crippen LogP contribution in [0.15, 0.2) is 40.9 Å². The van der Waals surface area contributed by atoms with E-state index in [9.17, 15) is 14.7 Å². The van der Waals surface area contributed by atoms with E-state index in [0.29, 0.717) is 21.5 Å². The van der Waals surface area contributed by atoms with Crippen LogP contribution in [0, 0.1) is 3.57 Å². The summed E-state index contributed by atoms with van der Waals surface area (Å²) >= 11 is 10.4. The number of carboxylic acid groups (broad SMARTS) is 1. The minimum atomic E-state index is -1.09. The molecule has 0 aliphatic rings. The Morgan fingerprint density at radius 1 is 1.20 bits per heavy atom. The predicted molar refractivity (Wildman–Crippen MR) is 110 cm³/mol. The van der Waals surface area contributed by atoms with Crippen LogP contribution in [-0.4, -0.2) is 29.2 Å². The van der Waals surface area contributed by atoms with Crippen molar-refractivity contribution >= 4 is 73.4 Å². The van der Waals surface area contributed by atoms with Crippen molar-refractivity contribution in [2.75, 3.05) is 12.4 Å². The third kappa shape index (κ3) is 5.13. The number of hydrogen-bond acceptors (Lipinski definition) is 4. The first-order valence-electron chi connectivity index (χ1n) is 6.80. The van der Waals surface area contributed by atoms with E-state index in [1.807, 2.05) is 22.6 Å². The molecule has 0 spiro atoms. The van der Waals surface area contributed by atoms with Gasteiger partial charge in [-0.05, 0) is 71.2 Å². The highest BCUT2D eigenvalue weighted by atomic mass is 127. The number of carbonyl (C=O) groups excluding carboxylic acids is 1. The van der Waals surface area contributed by atoms with Gasteiger partial charge in [-0.3, -0.25) is 10.1 Å². The van der Waals surface area contributed by atoms with Crippen LogP contribution in [0.4, 0.5) is 5.69 Å². The zero-order chi connectivity index (χ0) is 18.6. The Kier molecular flexibility index (Phi) is 6.73. The van der Waals surface area contributed by atoms with Gasteiger partial charge in [-0.15, -0.1) is 0 Å². The average Bonchev–Trinajstić information content (AvgIpc) is 2.56. The lowest BCUT2D eigenvalue weighted by Gasteiger charge is -2.13. The third-order valence-corrected chi connectivity index (χ3v) is 4.46. The van der Waals surface area contributed by atoms with Gasteiger partial charge in [0.2, 0.25) is 0 Å². The molecular formula is C16H12BrIN2O4S. The van der Waals surface area contributed by atoms with Gasteiger partial charge in [0.25, 0.3) is 5.91 Å². The van der Waals surface area contributed by atoms with E-state index < -0.39 is 11.9 Å². The molecule has 1 amide bonds. The van der Waals surface area contributed by atoms with Crippen molar-refractivity contribution in [1.82, 2.24) is 5.32 Å². The lowest BCUT2D eigenvalue weighted by Crippen LogP contribution is -2.34. The van der Waals surface area contributed by atoms with Crippen LogP contribution in [0.2, 0.25) is 0 Å². The van der Waals surface area contributed by atoms with E-state index in [4.69, 9.17) is 17.0 Å². The maximum absolute atomic E-state index is 12.4. The van der Waals surface area contributed by atoms with Crippen LogP contribution >= 0.6 is 50.7 Å². The van der Waals surface area contributed by atoms with Crippen LogP contribution in [0.3, 0.4) is 0 Å². The van der Waals surface area contributed by atoms with Gasteiger partial charge in [0.15, 0.2) is 5.11 Å². The fourth-order valence-electron chi connectivity index (χ4n) is 1.98. The molecule has 0 aliphatic heterocycles. The largest absolute Gasteiger partial charge is 0.496 e. The average molecular weight is 535 g/mol. The Hall–Kier alpha value is -1.72. The van der Waals surface area contributed by atoms with Gasteiger partial charge >= 0.3 is 5.97 Å². The van der Waals surface area contributed by atoms with E-state index in [1.165, 1.54) is 13.2 Å². The summed E-state index contributed by atoms with van der Waals surface area (Å²) in [4.78, 5) is 23.7. The monoisotopic (exact) mass is 534 g/mol. The number of aromatic carboxylic acids is 1. The molecule has 0 aromatic heterocycles. The SMILES string of the molecule is COc1ccc(Br)cc1C(=O)NC(=S)Nc1ccc(I)cc1C(=O)O. The zero-order valence-corrected chi connectivity index (χ0v) is 17.4. The van der Waals surface area contributed by atoms with Gasteiger partial charge in [-0.2, -0.15) is 0 Å². The topological polar surface area (TPSA) is 87.7 Å². The van der Waals surface area contributed by atoms with Crippen LogP contribution in [0.5, 0.6) is 5.75 Å². The Balaban J connectivity index is 2.17. The molecule has 3 N–H and O–H groups in total. The number of rotatable bonds is 4. The number of ether oxygens (including phenoxy) is 1. The minimum Gasteiger partial charge on any atom is -0.496 e. The molecule has 0 heterocycles. The summed E-state index contributed by atoms with van der Waals surface area (Å²) in [5.41, 5.74) is 0.644. The summed E-state index contributed by atoms with van der Waals surface area (Å²) < 4.78 is 6.64. The number of carboxylic acids is 1. The van der Waals surface area contributed by atoms with E-state index in [1.54, 1.807) is 30.3 Å². The van der Waals surface area contributed by atoms with Gasteiger partial charge in [-0.1, -0.05) is 15.9 Å². The highest BCUT2D eigenvalue weighted by molar-refractivity contribution is 14.1. The number of thiocarbonyl (C=S) groups is 1. The van der Waals surface area contributed by atoms with Crippen molar-refractivity contribution in [3.63, 3.8) is 0 Å². The smallest absolute Gasteiger partial charge is 0.337 e. The number of carbonyl (C=O) groups is 2. The fraction of sp³-hybridized carbons (Fsp3) is 0.0625. The second-order valence-electron chi connectivity index (χ2n) is 4.75. The molecule has 2 rings (SSSR count). The maximum atomic E-state index is 12.4. The molecule has 2 aromatic carbocycles. The number of nitrogens with one attached hydrogen (secondary N) is 2. The summed E-state index contributed by atoms with van der Waals surface area (Å²) in [7, 11) is 1.46. The first-order valence-corrected chi connectivity index (χ1v) is 9.08. The summed E-state index contributed by atoms with van der Waals surface area (Å²) in [6, 6.07) is 9.83. The number of anilines is 1. The molecule has 6 nitrogen and oxygen atoms in total. The lowest BCUT2D eigenvalue weighted by molar-refractivity contribution is 0.0697. The number of halogens is 2. The summed E-state index contributed by atoms with van der Waals surface area (Å²) in [6.45, 7) is 0. The highest BCUT2D eigenvalue weighted by Gasteiger charge is 2.16. The molecule has 0 fully saturated rings. The second kappa shape index (κ2) is 8.59. The van der Waals surface area contributed by atoms with Crippen molar-refractivity contribution in [1.29, 1.82) is 0 Å². The molecule has 0 saturated heterocycles. The summed E-state index contributed by atoms with van der Waals surface area (Å²) in [6.07, 6.45) is 0. The first-order chi connectivity index (χ1) is 11.8. The fourth-order valence-corrected chi connectivity index (χ4v) is 3.04. The molecule has 0 bridgehead atoms. The summed E-state index contributed by atoms with van der Waals surface area (Å²) in [5, 5.41) is 14.5. The van der Waals surface area contributed by atoms with Gasteiger partial charge in [-0.25, -0.2) is 4.79 Å². The number of methoxy groups -OCH3 is 1. The van der Waals surface area contributed by atoms with Gasteiger partial charge in [0, 0.05) is 8.04 Å². The Morgan fingerprint density at radius 3 is 2.56 bits per heavy atom. The van der Waals surface area contributed by atoms with Gasteiger partial charge in [0.1, 0.15) is 5.75 Å². The van der Waals surface area contributed by atoms with Gasteiger partial charge < -0.3 is 15.2 Å². The highest BCUT2D eigenvalue weighted by Crippen LogP contribution is 2.23. The zero-order valence-electron chi connectivity index (χ0n) is 12.8. The first kappa shape index (κ1) is 19.6. The minimum absolute atomic E-state index is 0.0178. The number of hydrogen-bond donors (Lipinski definition) is 3. The lowest BCUT2D eigenvalue weighted by atomic mass is 10.2. The number of benzene rings is 2.